The second-order valence-corrected chi connectivity index (χ2v) is 6.96. The summed E-state index contributed by atoms with van der Waals surface area (Å²) in [5.74, 6) is 1.20. The first kappa shape index (κ1) is 19.7. The van der Waals surface area contributed by atoms with Crippen molar-refractivity contribution in [2.24, 2.45) is 5.73 Å². The molecule has 0 fully saturated rings. The van der Waals surface area contributed by atoms with Crippen molar-refractivity contribution in [1.29, 1.82) is 0 Å². The molecule has 146 valence electrons. The molecule has 1 amide bonds. The Morgan fingerprint density at radius 1 is 1.14 bits per heavy atom. The number of nitrogens with one attached hydrogen (secondary N) is 1. The van der Waals surface area contributed by atoms with E-state index in [9.17, 15) is 4.79 Å². The summed E-state index contributed by atoms with van der Waals surface area (Å²) in [4.78, 5) is 20.5. The molecule has 7 nitrogen and oxygen atoms in total. The van der Waals surface area contributed by atoms with E-state index in [1.165, 1.54) is 5.56 Å². The first-order chi connectivity index (χ1) is 13.5. The van der Waals surface area contributed by atoms with Crippen molar-refractivity contribution >= 4 is 5.91 Å². The van der Waals surface area contributed by atoms with E-state index < -0.39 is 0 Å². The number of carbonyl (C=O) groups is 1. The normalized spacial score (nSPS) is 12.1. The highest BCUT2D eigenvalue weighted by Crippen LogP contribution is 2.17. The van der Waals surface area contributed by atoms with Gasteiger partial charge < -0.3 is 15.6 Å². The molecule has 1 atom stereocenters. The lowest BCUT2D eigenvalue weighted by Gasteiger charge is -2.14. The molecule has 1 aromatic carbocycles. The van der Waals surface area contributed by atoms with Crippen LogP contribution in [0.4, 0.5) is 0 Å². The van der Waals surface area contributed by atoms with Gasteiger partial charge in [0.2, 0.25) is 17.6 Å². The van der Waals surface area contributed by atoms with Crippen LogP contribution in [0, 0.1) is 0 Å². The van der Waals surface area contributed by atoms with Crippen molar-refractivity contribution in [2.45, 2.75) is 38.6 Å². The van der Waals surface area contributed by atoms with Crippen molar-refractivity contribution in [2.75, 3.05) is 6.54 Å². The summed E-state index contributed by atoms with van der Waals surface area (Å²) in [6.45, 7) is 4.68. The Bertz CT molecular complexity index is 891. The van der Waals surface area contributed by atoms with E-state index in [-0.39, 0.29) is 18.4 Å². The molecule has 0 saturated heterocycles. The SMILES string of the molecule is CC(C)c1ccc(C(N)CNC(=O)CCc2nc(-c3ccccn3)no2)cc1. The lowest BCUT2D eigenvalue weighted by atomic mass is 9.99. The summed E-state index contributed by atoms with van der Waals surface area (Å²) in [5.41, 5.74) is 9.09. The molecular weight excluding hydrogens is 354 g/mol. The third kappa shape index (κ3) is 5.23. The zero-order valence-electron chi connectivity index (χ0n) is 16.1. The van der Waals surface area contributed by atoms with Crippen LogP contribution in [-0.4, -0.2) is 27.6 Å². The average molecular weight is 379 g/mol. The van der Waals surface area contributed by atoms with Gasteiger partial charge in [0, 0.05) is 31.6 Å². The van der Waals surface area contributed by atoms with Crippen molar-refractivity contribution in [3.05, 3.63) is 65.7 Å². The number of benzene rings is 1. The lowest BCUT2D eigenvalue weighted by Crippen LogP contribution is -2.32. The quantitative estimate of drug-likeness (QED) is 0.623. The number of aryl methyl sites for hydroxylation is 1. The Morgan fingerprint density at radius 2 is 1.89 bits per heavy atom. The number of nitrogens with zero attached hydrogens (tertiary/aromatic N) is 3. The van der Waals surface area contributed by atoms with Crippen LogP contribution in [-0.2, 0) is 11.2 Å². The molecule has 0 spiro atoms. The summed E-state index contributed by atoms with van der Waals surface area (Å²) in [5, 5.41) is 6.76. The maximum Gasteiger partial charge on any atom is 0.227 e. The maximum atomic E-state index is 12.1. The highest BCUT2D eigenvalue weighted by atomic mass is 16.5. The van der Waals surface area contributed by atoms with Gasteiger partial charge in [-0.05, 0) is 29.2 Å². The average Bonchev–Trinajstić information content (AvgIpc) is 3.20. The molecule has 0 radical (unpaired) electrons. The third-order valence-corrected chi connectivity index (χ3v) is 4.48. The molecule has 0 aliphatic carbocycles. The molecule has 7 heteroatoms. The van der Waals surface area contributed by atoms with Crippen LogP contribution < -0.4 is 11.1 Å². The summed E-state index contributed by atoms with van der Waals surface area (Å²) in [6.07, 6.45) is 2.28. The van der Waals surface area contributed by atoms with Crippen molar-refractivity contribution < 1.29 is 9.32 Å². The number of rotatable bonds is 8. The van der Waals surface area contributed by atoms with Gasteiger partial charge >= 0.3 is 0 Å². The number of nitrogens with two attached hydrogens (primary N) is 1. The molecule has 3 rings (SSSR count). The smallest absolute Gasteiger partial charge is 0.227 e. The molecule has 0 aliphatic heterocycles. The van der Waals surface area contributed by atoms with Gasteiger partial charge in [0.25, 0.3) is 0 Å². The summed E-state index contributed by atoms with van der Waals surface area (Å²) in [6, 6.07) is 13.4. The molecule has 0 saturated carbocycles. The van der Waals surface area contributed by atoms with Gasteiger partial charge in [0.05, 0.1) is 0 Å². The van der Waals surface area contributed by atoms with Gasteiger partial charge in [0.15, 0.2) is 0 Å². The van der Waals surface area contributed by atoms with Crippen molar-refractivity contribution in [3.8, 4) is 11.5 Å². The third-order valence-electron chi connectivity index (χ3n) is 4.48. The van der Waals surface area contributed by atoms with Crippen LogP contribution in [0.1, 0.15) is 49.2 Å². The molecule has 3 N–H and O–H groups in total. The van der Waals surface area contributed by atoms with E-state index in [2.05, 4.69) is 46.4 Å². The minimum absolute atomic E-state index is 0.105. The van der Waals surface area contributed by atoms with E-state index in [1.807, 2.05) is 24.3 Å². The molecule has 0 aliphatic rings. The number of carbonyl (C=O) groups excluding carboxylic acids is 1. The van der Waals surface area contributed by atoms with Crippen LogP contribution in [0.2, 0.25) is 0 Å². The fourth-order valence-corrected chi connectivity index (χ4v) is 2.73. The van der Waals surface area contributed by atoms with Crippen LogP contribution in [0.3, 0.4) is 0 Å². The van der Waals surface area contributed by atoms with Gasteiger partial charge in [-0.25, -0.2) is 0 Å². The summed E-state index contributed by atoms with van der Waals surface area (Å²) >= 11 is 0. The largest absolute Gasteiger partial charge is 0.354 e. The lowest BCUT2D eigenvalue weighted by molar-refractivity contribution is -0.121. The first-order valence-corrected chi connectivity index (χ1v) is 9.39. The molecule has 2 heterocycles. The first-order valence-electron chi connectivity index (χ1n) is 9.39. The zero-order chi connectivity index (χ0) is 19.9. The highest BCUT2D eigenvalue weighted by Gasteiger charge is 2.13. The Labute approximate surface area is 164 Å². The standard InChI is InChI=1S/C21H25N5O2/c1-14(2)15-6-8-16(9-7-15)17(22)13-24-19(27)10-11-20-25-21(26-28-20)18-5-3-4-12-23-18/h3-9,12,14,17H,10-11,13,22H2,1-2H3,(H,24,27). The van der Waals surface area contributed by atoms with Gasteiger partial charge in [-0.15, -0.1) is 0 Å². The van der Waals surface area contributed by atoms with E-state index in [4.69, 9.17) is 10.3 Å². The van der Waals surface area contributed by atoms with E-state index in [1.54, 1.807) is 12.3 Å². The molecular formula is C21H25N5O2. The number of hydrogen-bond donors (Lipinski definition) is 2. The fourth-order valence-electron chi connectivity index (χ4n) is 2.73. The van der Waals surface area contributed by atoms with Crippen LogP contribution in [0.15, 0.2) is 53.2 Å². The molecule has 28 heavy (non-hydrogen) atoms. The fraction of sp³-hybridized carbons (Fsp3) is 0.333. The number of pyridine rings is 1. The van der Waals surface area contributed by atoms with Crippen molar-refractivity contribution in [3.63, 3.8) is 0 Å². The zero-order valence-corrected chi connectivity index (χ0v) is 16.1. The Balaban J connectivity index is 1.45. The Kier molecular flexibility index (Phi) is 6.49. The van der Waals surface area contributed by atoms with Crippen LogP contribution in [0.25, 0.3) is 11.5 Å². The van der Waals surface area contributed by atoms with E-state index in [0.29, 0.717) is 36.3 Å². The monoisotopic (exact) mass is 379 g/mol. The highest BCUT2D eigenvalue weighted by molar-refractivity contribution is 5.76. The van der Waals surface area contributed by atoms with E-state index in [0.717, 1.165) is 5.56 Å². The Morgan fingerprint density at radius 3 is 2.57 bits per heavy atom. The van der Waals surface area contributed by atoms with E-state index >= 15 is 0 Å². The van der Waals surface area contributed by atoms with Gasteiger partial charge in [-0.1, -0.05) is 49.3 Å². The Hall–Kier alpha value is -3.06. The van der Waals surface area contributed by atoms with Crippen molar-refractivity contribution in [1.82, 2.24) is 20.4 Å². The summed E-state index contributed by atoms with van der Waals surface area (Å²) < 4.78 is 5.19. The topological polar surface area (TPSA) is 107 Å². The minimum Gasteiger partial charge on any atom is -0.354 e. The van der Waals surface area contributed by atoms with Gasteiger partial charge in [-0.3, -0.25) is 9.78 Å². The number of aromatic nitrogens is 3. The second kappa shape index (κ2) is 9.23. The number of hydrogen-bond acceptors (Lipinski definition) is 6. The summed E-state index contributed by atoms with van der Waals surface area (Å²) in [7, 11) is 0. The van der Waals surface area contributed by atoms with Crippen LogP contribution >= 0.6 is 0 Å². The molecule has 2 aromatic heterocycles. The molecule has 0 bridgehead atoms. The van der Waals surface area contributed by atoms with Gasteiger partial charge in [0.1, 0.15) is 5.69 Å². The predicted octanol–water partition coefficient (Wildman–Crippen LogP) is 3.00. The minimum atomic E-state index is -0.246. The van der Waals surface area contributed by atoms with Gasteiger partial charge in [-0.2, -0.15) is 4.98 Å². The van der Waals surface area contributed by atoms with Crippen LogP contribution in [0.5, 0.6) is 0 Å². The maximum absolute atomic E-state index is 12.1. The molecule has 3 aromatic rings. The molecule has 1 unspecified atom stereocenters. The predicted molar refractivity (Wildman–Crippen MR) is 106 cm³/mol. The number of amides is 1. The second-order valence-electron chi connectivity index (χ2n) is 6.96.